The molecule has 1 amide bonds. The molecule has 1 unspecified atom stereocenters. The number of nitrogens with one attached hydrogen (secondary N) is 2. The molecule has 1 aliphatic heterocycles. The van der Waals surface area contributed by atoms with Crippen molar-refractivity contribution in [3.63, 3.8) is 0 Å². The minimum atomic E-state index is 0.0988. The summed E-state index contributed by atoms with van der Waals surface area (Å²) in [5, 5.41) is 6.59. The predicted molar refractivity (Wildman–Crippen MR) is 109 cm³/mol. The van der Waals surface area contributed by atoms with Crippen molar-refractivity contribution in [2.75, 3.05) is 53.9 Å². The summed E-state index contributed by atoms with van der Waals surface area (Å²) in [6, 6.07) is 8.24. The Morgan fingerprint density at radius 2 is 2.04 bits per heavy atom. The number of guanidine groups is 1. The molecule has 2 N–H and O–H groups in total. The van der Waals surface area contributed by atoms with Gasteiger partial charge in [-0.15, -0.1) is 0 Å². The van der Waals surface area contributed by atoms with Gasteiger partial charge >= 0.3 is 0 Å². The molecule has 1 saturated heterocycles. The first-order chi connectivity index (χ1) is 13.0. The Hall–Kier alpha value is -2.28. The van der Waals surface area contributed by atoms with Crippen molar-refractivity contribution < 1.29 is 9.53 Å². The zero-order valence-electron chi connectivity index (χ0n) is 17.0. The van der Waals surface area contributed by atoms with Gasteiger partial charge in [-0.1, -0.05) is 12.1 Å². The lowest BCUT2D eigenvalue weighted by molar-refractivity contribution is -0.128. The van der Waals surface area contributed by atoms with Gasteiger partial charge in [-0.05, 0) is 51.6 Å². The average Bonchev–Trinajstić information content (AvgIpc) is 3.20. The SMILES string of the molecule is CCNC(=NCC(=O)N1CCCC1)NCC(c1cccc(OC)c1)N(C)C. The van der Waals surface area contributed by atoms with Crippen LogP contribution in [0.15, 0.2) is 29.3 Å². The summed E-state index contributed by atoms with van der Waals surface area (Å²) in [5.74, 6) is 1.61. The quantitative estimate of drug-likeness (QED) is 0.532. The van der Waals surface area contributed by atoms with Gasteiger partial charge < -0.3 is 25.2 Å². The topological polar surface area (TPSA) is 69.2 Å². The molecule has 0 bridgehead atoms. The van der Waals surface area contributed by atoms with Gasteiger partial charge in [0.2, 0.25) is 5.91 Å². The maximum Gasteiger partial charge on any atom is 0.244 e. The fourth-order valence-corrected chi connectivity index (χ4v) is 3.20. The fourth-order valence-electron chi connectivity index (χ4n) is 3.20. The Bertz CT molecular complexity index is 627. The van der Waals surface area contributed by atoms with Crippen molar-refractivity contribution in [3.8, 4) is 5.75 Å². The van der Waals surface area contributed by atoms with Crippen LogP contribution in [0.1, 0.15) is 31.4 Å². The molecule has 1 aromatic carbocycles. The van der Waals surface area contributed by atoms with Gasteiger partial charge in [-0.3, -0.25) is 4.79 Å². The molecule has 1 heterocycles. The average molecular weight is 376 g/mol. The van der Waals surface area contributed by atoms with E-state index in [0.717, 1.165) is 43.8 Å². The zero-order valence-corrected chi connectivity index (χ0v) is 17.0. The van der Waals surface area contributed by atoms with Crippen LogP contribution in [0.2, 0.25) is 0 Å². The third-order valence-corrected chi connectivity index (χ3v) is 4.74. The summed E-state index contributed by atoms with van der Waals surface area (Å²) in [5.41, 5.74) is 1.16. The molecule has 27 heavy (non-hydrogen) atoms. The normalized spacial score (nSPS) is 15.7. The highest BCUT2D eigenvalue weighted by Crippen LogP contribution is 2.22. The Labute approximate surface area is 162 Å². The number of hydrogen-bond donors (Lipinski definition) is 2. The summed E-state index contributed by atoms with van der Waals surface area (Å²) >= 11 is 0. The Morgan fingerprint density at radius 1 is 1.30 bits per heavy atom. The van der Waals surface area contributed by atoms with E-state index in [1.807, 2.05) is 44.1 Å². The molecule has 150 valence electrons. The molecule has 1 aliphatic rings. The summed E-state index contributed by atoms with van der Waals surface area (Å²) < 4.78 is 5.35. The molecule has 7 nitrogen and oxygen atoms in total. The molecule has 7 heteroatoms. The first-order valence-corrected chi connectivity index (χ1v) is 9.65. The number of methoxy groups -OCH3 is 1. The van der Waals surface area contributed by atoms with E-state index in [0.29, 0.717) is 12.5 Å². The highest BCUT2D eigenvalue weighted by atomic mass is 16.5. The lowest BCUT2D eigenvalue weighted by atomic mass is 10.1. The van der Waals surface area contributed by atoms with Crippen molar-refractivity contribution in [1.29, 1.82) is 0 Å². The van der Waals surface area contributed by atoms with Crippen molar-refractivity contribution in [2.45, 2.75) is 25.8 Å². The molecular weight excluding hydrogens is 342 g/mol. The standard InChI is InChI=1S/C20H33N5O2/c1-5-21-20(23-15-19(26)25-11-6-7-12-25)22-14-18(24(2)3)16-9-8-10-17(13-16)27-4/h8-10,13,18H,5-7,11-12,14-15H2,1-4H3,(H2,21,22,23). The number of ether oxygens (including phenoxy) is 1. The van der Waals surface area contributed by atoms with E-state index < -0.39 is 0 Å². The molecular formula is C20H33N5O2. The number of likely N-dealkylation sites (N-methyl/N-ethyl adjacent to an activating group) is 1. The van der Waals surface area contributed by atoms with E-state index in [2.05, 4.69) is 26.6 Å². The van der Waals surface area contributed by atoms with E-state index in [9.17, 15) is 4.79 Å². The number of aliphatic imine (C=N–C) groups is 1. The number of likely N-dealkylation sites (tertiary alicyclic amines) is 1. The van der Waals surface area contributed by atoms with Crippen molar-refractivity contribution in [1.82, 2.24) is 20.4 Å². The van der Waals surface area contributed by atoms with Crippen LogP contribution in [0.25, 0.3) is 0 Å². The Kier molecular flexibility index (Phi) is 8.39. The molecule has 2 rings (SSSR count). The minimum Gasteiger partial charge on any atom is -0.497 e. The number of carbonyl (C=O) groups is 1. The lowest BCUT2D eigenvalue weighted by Gasteiger charge is -2.26. The van der Waals surface area contributed by atoms with Crippen molar-refractivity contribution >= 4 is 11.9 Å². The predicted octanol–water partition coefficient (Wildman–Crippen LogP) is 1.48. The third-order valence-electron chi connectivity index (χ3n) is 4.74. The van der Waals surface area contributed by atoms with Gasteiger partial charge in [0.05, 0.1) is 13.2 Å². The maximum absolute atomic E-state index is 12.2. The van der Waals surface area contributed by atoms with Gasteiger partial charge in [0.15, 0.2) is 5.96 Å². The molecule has 0 aromatic heterocycles. The maximum atomic E-state index is 12.2. The van der Waals surface area contributed by atoms with Crippen molar-refractivity contribution in [3.05, 3.63) is 29.8 Å². The number of rotatable bonds is 8. The lowest BCUT2D eigenvalue weighted by Crippen LogP contribution is -2.42. The second-order valence-electron chi connectivity index (χ2n) is 6.92. The zero-order chi connectivity index (χ0) is 19.6. The van der Waals surface area contributed by atoms with E-state index >= 15 is 0 Å². The number of hydrogen-bond acceptors (Lipinski definition) is 4. The number of benzene rings is 1. The molecule has 0 saturated carbocycles. The highest BCUT2D eigenvalue weighted by molar-refractivity contribution is 5.85. The molecule has 1 aromatic rings. The van der Waals surface area contributed by atoms with Crippen LogP contribution in [-0.4, -0.2) is 75.6 Å². The summed E-state index contributed by atoms with van der Waals surface area (Å²) in [6.07, 6.45) is 2.19. The second kappa shape index (κ2) is 10.8. The Morgan fingerprint density at radius 3 is 2.67 bits per heavy atom. The van der Waals surface area contributed by atoms with Gasteiger partial charge in [0, 0.05) is 26.2 Å². The Balaban J connectivity index is 2.00. The second-order valence-corrected chi connectivity index (χ2v) is 6.92. The largest absolute Gasteiger partial charge is 0.497 e. The number of nitrogens with zero attached hydrogens (tertiary/aromatic N) is 3. The molecule has 0 spiro atoms. The molecule has 0 aliphatic carbocycles. The highest BCUT2D eigenvalue weighted by Gasteiger charge is 2.18. The van der Waals surface area contributed by atoms with E-state index in [1.54, 1.807) is 7.11 Å². The monoisotopic (exact) mass is 375 g/mol. The van der Waals surface area contributed by atoms with Crippen molar-refractivity contribution in [2.24, 2.45) is 4.99 Å². The summed E-state index contributed by atoms with van der Waals surface area (Å²) in [6.45, 7) is 5.33. The van der Waals surface area contributed by atoms with E-state index in [-0.39, 0.29) is 18.5 Å². The summed E-state index contributed by atoms with van der Waals surface area (Å²) in [7, 11) is 5.77. The number of carbonyl (C=O) groups excluding carboxylic acids is 1. The van der Waals surface area contributed by atoms with Gasteiger partial charge in [-0.25, -0.2) is 4.99 Å². The third kappa shape index (κ3) is 6.43. The van der Waals surface area contributed by atoms with Gasteiger partial charge in [-0.2, -0.15) is 0 Å². The van der Waals surface area contributed by atoms with Crippen LogP contribution in [0, 0.1) is 0 Å². The van der Waals surface area contributed by atoms with Gasteiger partial charge in [0.25, 0.3) is 0 Å². The van der Waals surface area contributed by atoms with Crippen LogP contribution in [0.4, 0.5) is 0 Å². The molecule has 1 atom stereocenters. The first-order valence-electron chi connectivity index (χ1n) is 9.65. The van der Waals surface area contributed by atoms with Gasteiger partial charge in [0.1, 0.15) is 12.3 Å². The van der Waals surface area contributed by atoms with E-state index in [1.165, 1.54) is 0 Å². The minimum absolute atomic E-state index is 0.0988. The fraction of sp³-hybridized carbons (Fsp3) is 0.600. The molecule has 1 fully saturated rings. The van der Waals surface area contributed by atoms with Crippen LogP contribution in [0.5, 0.6) is 5.75 Å². The van der Waals surface area contributed by atoms with Crippen LogP contribution < -0.4 is 15.4 Å². The molecule has 0 radical (unpaired) electrons. The number of amides is 1. The smallest absolute Gasteiger partial charge is 0.244 e. The van der Waals surface area contributed by atoms with Crippen LogP contribution in [0.3, 0.4) is 0 Å². The first kappa shape index (κ1) is 21.0. The van der Waals surface area contributed by atoms with Crippen LogP contribution >= 0.6 is 0 Å². The van der Waals surface area contributed by atoms with Crippen LogP contribution in [-0.2, 0) is 4.79 Å². The summed E-state index contributed by atoms with van der Waals surface area (Å²) in [4.78, 5) is 20.8. The van der Waals surface area contributed by atoms with E-state index in [4.69, 9.17) is 4.74 Å².